The van der Waals surface area contributed by atoms with Gasteiger partial charge in [0.05, 0.1) is 5.56 Å². The molecule has 1 aromatic rings. The van der Waals surface area contributed by atoms with E-state index < -0.39 is 11.7 Å². The number of fused-ring (bicyclic) bond motifs is 2. The van der Waals surface area contributed by atoms with E-state index in [2.05, 4.69) is 15.0 Å². The maximum atomic E-state index is 13.4. The predicted octanol–water partition coefficient (Wildman–Crippen LogP) is 4.57. The zero-order valence-electron chi connectivity index (χ0n) is 16.9. The number of carbonyl (C=O) groups excluding carboxylic acids is 1. The molecule has 160 valence electrons. The lowest BCUT2D eigenvalue weighted by Gasteiger charge is -2.21. The van der Waals surface area contributed by atoms with Crippen molar-refractivity contribution in [3.05, 3.63) is 65.1 Å². The van der Waals surface area contributed by atoms with E-state index in [1.54, 1.807) is 29.3 Å². The molecule has 1 aromatic carbocycles. The molecule has 0 spiro atoms. The van der Waals surface area contributed by atoms with Gasteiger partial charge in [0.2, 0.25) is 5.82 Å². The molecule has 1 saturated heterocycles. The van der Waals surface area contributed by atoms with E-state index in [1.165, 1.54) is 6.07 Å². The van der Waals surface area contributed by atoms with E-state index in [4.69, 9.17) is 0 Å². The number of nitrogens with zero attached hydrogens (tertiary/aromatic N) is 4. The van der Waals surface area contributed by atoms with Crippen LogP contribution in [0.15, 0.2) is 42.6 Å². The van der Waals surface area contributed by atoms with Gasteiger partial charge in [-0.3, -0.25) is 4.79 Å². The lowest BCUT2D eigenvalue weighted by atomic mass is 9.91. The monoisotopic (exact) mass is 426 g/mol. The molecule has 0 bridgehead atoms. The van der Waals surface area contributed by atoms with Crippen LogP contribution in [-0.2, 0) is 6.18 Å². The first-order valence-electron chi connectivity index (χ1n) is 10.4. The topological polar surface area (TPSA) is 59.0 Å². The van der Waals surface area contributed by atoms with Crippen LogP contribution < -0.4 is 0 Å². The summed E-state index contributed by atoms with van der Waals surface area (Å²) >= 11 is 0. The van der Waals surface area contributed by atoms with Crippen LogP contribution in [0.5, 0.6) is 0 Å². The van der Waals surface area contributed by atoms with Crippen molar-refractivity contribution in [2.24, 2.45) is 11.8 Å². The van der Waals surface area contributed by atoms with E-state index >= 15 is 0 Å². The average Bonchev–Trinajstić information content (AvgIpc) is 3.40. The fourth-order valence-corrected chi connectivity index (χ4v) is 5.04. The molecule has 1 saturated carbocycles. The van der Waals surface area contributed by atoms with Crippen molar-refractivity contribution in [1.82, 2.24) is 19.9 Å². The first-order valence-corrected chi connectivity index (χ1v) is 10.4. The molecular weight excluding hydrogens is 405 g/mol. The van der Waals surface area contributed by atoms with Crippen LogP contribution in [0.2, 0.25) is 0 Å². The number of hydrogen-bond donors (Lipinski definition) is 0. The molecule has 1 unspecified atom stereocenters. The Hall–Kier alpha value is -3.03. The smallest absolute Gasteiger partial charge is 0.335 e. The van der Waals surface area contributed by atoms with E-state index in [1.807, 2.05) is 13.0 Å². The molecule has 1 amide bonds. The molecule has 5 nitrogen and oxygen atoms in total. The number of carbonyl (C=O) groups is 1. The number of likely N-dealkylation sites (tertiary alicyclic amines) is 1. The highest BCUT2D eigenvalue weighted by molar-refractivity contribution is 5.92. The third kappa shape index (κ3) is 3.64. The van der Waals surface area contributed by atoms with Gasteiger partial charge in [0.15, 0.2) is 5.82 Å². The molecule has 0 aromatic heterocycles. The van der Waals surface area contributed by atoms with Crippen molar-refractivity contribution in [1.29, 1.82) is 0 Å². The van der Waals surface area contributed by atoms with Crippen LogP contribution in [0.25, 0.3) is 11.5 Å². The number of amides is 1. The summed E-state index contributed by atoms with van der Waals surface area (Å²) in [6.45, 7) is 2.97. The normalized spacial score (nSPS) is 23.4. The van der Waals surface area contributed by atoms with Crippen LogP contribution >= 0.6 is 0 Å². The molecule has 3 atom stereocenters. The molecule has 5 rings (SSSR count). The van der Waals surface area contributed by atoms with Gasteiger partial charge in [-0.05, 0) is 60.8 Å². The molecule has 3 aliphatic heterocycles. The van der Waals surface area contributed by atoms with Gasteiger partial charge < -0.3 is 4.90 Å². The summed E-state index contributed by atoms with van der Waals surface area (Å²) in [5.41, 5.74) is 1.38. The number of imidazole rings is 1. The van der Waals surface area contributed by atoms with Crippen molar-refractivity contribution in [3.8, 4) is 11.5 Å². The zero-order chi connectivity index (χ0) is 21.8. The van der Waals surface area contributed by atoms with Gasteiger partial charge in [-0.1, -0.05) is 24.3 Å². The molecule has 0 radical (unpaired) electrons. The Kier molecular flexibility index (Phi) is 4.68. The van der Waals surface area contributed by atoms with Gasteiger partial charge in [-0.2, -0.15) is 13.2 Å². The number of aryl methyl sites for hydroxylation is 1. The molecular formula is C23H21F3N4O. The Labute approximate surface area is 177 Å². The highest BCUT2D eigenvalue weighted by Crippen LogP contribution is 2.49. The second-order valence-electron chi connectivity index (χ2n) is 8.58. The number of hydrogen-bond acceptors (Lipinski definition) is 4. The van der Waals surface area contributed by atoms with Gasteiger partial charge in [-0.25, -0.2) is 15.0 Å². The Morgan fingerprint density at radius 2 is 1.74 bits per heavy atom. The number of rotatable bonds is 2. The lowest BCUT2D eigenvalue weighted by Crippen LogP contribution is -2.30. The lowest BCUT2D eigenvalue weighted by molar-refractivity contribution is -0.138. The van der Waals surface area contributed by atoms with E-state index in [0.717, 1.165) is 11.6 Å². The van der Waals surface area contributed by atoms with E-state index in [-0.39, 0.29) is 29.5 Å². The highest BCUT2D eigenvalue weighted by atomic mass is 19.4. The summed E-state index contributed by atoms with van der Waals surface area (Å²) in [5.74, 6) is 0.579. The third-order valence-electron chi connectivity index (χ3n) is 6.50. The third-order valence-corrected chi connectivity index (χ3v) is 6.50. The first-order chi connectivity index (χ1) is 14.8. The van der Waals surface area contributed by atoms with Crippen LogP contribution in [0.4, 0.5) is 13.2 Å². The number of benzene rings is 1. The Balaban J connectivity index is 1.31. The molecule has 2 fully saturated rings. The van der Waals surface area contributed by atoms with Crippen molar-refractivity contribution >= 4 is 5.91 Å². The Bertz CT molecular complexity index is 1070. The van der Waals surface area contributed by atoms with Crippen LogP contribution in [0.1, 0.15) is 46.1 Å². The van der Waals surface area contributed by atoms with Crippen LogP contribution in [0, 0.1) is 18.8 Å². The fraction of sp³-hybridized carbons (Fsp3) is 0.391. The van der Waals surface area contributed by atoms with Crippen LogP contribution in [0.3, 0.4) is 0 Å². The highest BCUT2D eigenvalue weighted by Gasteiger charge is 2.45. The van der Waals surface area contributed by atoms with Crippen molar-refractivity contribution in [2.45, 2.75) is 31.9 Å². The fourth-order valence-electron chi connectivity index (χ4n) is 5.04. The zero-order valence-corrected chi connectivity index (χ0v) is 16.9. The van der Waals surface area contributed by atoms with Gasteiger partial charge in [0.25, 0.3) is 5.91 Å². The van der Waals surface area contributed by atoms with Gasteiger partial charge in [0, 0.05) is 19.3 Å². The summed E-state index contributed by atoms with van der Waals surface area (Å²) in [4.78, 5) is 27.6. The first kappa shape index (κ1) is 19.9. The van der Waals surface area contributed by atoms with Crippen molar-refractivity contribution in [2.75, 3.05) is 13.1 Å². The van der Waals surface area contributed by atoms with Gasteiger partial charge in [0.1, 0.15) is 5.69 Å². The van der Waals surface area contributed by atoms with Gasteiger partial charge >= 0.3 is 6.18 Å². The van der Waals surface area contributed by atoms with E-state index in [0.29, 0.717) is 43.0 Å². The van der Waals surface area contributed by atoms with Gasteiger partial charge in [-0.15, -0.1) is 0 Å². The average molecular weight is 426 g/mol. The number of aromatic nitrogens is 3. The molecule has 3 heterocycles. The molecule has 1 aliphatic carbocycles. The SMILES string of the molecule is Cc1ccc2nc(C(=O)N3C[C@H]4CC(c5ccccc5C(F)(F)F)C[C@H]4C3)nc-2nc1. The maximum Gasteiger partial charge on any atom is 0.416 e. The minimum Gasteiger partial charge on any atom is -0.335 e. The van der Waals surface area contributed by atoms with Crippen molar-refractivity contribution < 1.29 is 18.0 Å². The molecule has 4 aliphatic rings. The van der Waals surface area contributed by atoms with Crippen molar-refractivity contribution in [3.63, 3.8) is 0 Å². The summed E-state index contributed by atoms with van der Waals surface area (Å²) < 4.78 is 40.2. The standard InChI is InChI=1S/C23H21F3N4O/c1-13-6-7-19-20(27-10-13)29-21(28-19)22(31)30-11-15-8-14(9-16(15)12-30)17-4-2-3-5-18(17)23(24,25)26/h2-7,10,14-16H,8-9,11-12H2,1H3/t14?,15-,16+. The summed E-state index contributed by atoms with van der Waals surface area (Å²) in [7, 11) is 0. The molecule has 0 N–H and O–H groups in total. The van der Waals surface area contributed by atoms with Crippen LogP contribution in [-0.4, -0.2) is 38.8 Å². The maximum absolute atomic E-state index is 13.4. The summed E-state index contributed by atoms with van der Waals surface area (Å²) in [6.07, 6.45) is -1.36. The van der Waals surface area contributed by atoms with E-state index in [9.17, 15) is 18.0 Å². The largest absolute Gasteiger partial charge is 0.416 e. The molecule has 8 heteroatoms. The Morgan fingerprint density at radius 3 is 2.45 bits per heavy atom. The second-order valence-corrected chi connectivity index (χ2v) is 8.58. The minimum atomic E-state index is -4.35. The molecule has 31 heavy (non-hydrogen) atoms. The number of alkyl halides is 3. The quantitative estimate of drug-likeness (QED) is 0.602. The second kappa shape index (κ2) is 7.28. The summed E-state index contributed by atoms with van der Waals surface area (Å²) in [5, 5.41) is 0. The minimum absolute atomic E-state index is 0.129. The number of halogens is 3. The predicted molar refractivity (Wildman–Crippen MR) is 107 cm³/mol. The Morgan fingerprint density at radius 1 is 1.03 bits per heavy atom. The summed E-state index contributed by atoms with van der Waals surface area (Å²) in [6, 6.07) is 9.52.